The molecule has 1 saturated heterocycles. The first-order valence-corrected chi connectivity index (χ1v) is 8.96. The SMILES string of the molecule is Cl.NC(=O)NC(CC(=O)NCC1CNC1)c1cccc(Oc2ccccc2)c1. The van der Waals surface area contributed by atoms with E-state index in [1.807, 2.05) is 48.5 Å². The monoisotopic (exact) mass is 404 g/mol. The molecule has 0 bridgehead atoms. The molecular weight excluding hydrogens is 380 g/mol. The first-order chi connectivity index (χ1) is 13.1. The molecule has 0 aromatic heterocycles. The highest BCUT2D eigenvalue weighted by molar-refractivity contribution is 5.85. The minimum Gasteiger partial charge on any atom is -0.457 e. The van der Waals surface area contributed by atoms with Crippen molar-refractivity contribution in [3.8, 4) is 11.5 Å². The highest BCUT2D eigenvalue weighted by Crippen LogP contribution is 2.26. The van der Waals surface area contributed by atoms with Gasteiger partial charge in [-0.15, -0.1) is 12.4 Å². The zero-order valence-corrected chi connectivity index (χ0v) is 16.2. The number of para-hydroxylation sites is 1. The van der Waals surface area contributed by atoms with Crippen LogP contribution in [-0.4, -0.2) is 31.6 Å². The van der Waals surface area contributed by atoms with E-state index < -0.39 is 12.1 Å². The summed E-state index contributed by atoms with van der Waals surface area (Å²) in [5.41, 5.74) is 6.05. The van der Waals surface area contributed by atoms with E-state index in [1.165, 1.54) is 0 Å². The van der Waals surface area contributed by atoms with Crippen LogP contribution in [0.25, 0.3) is 0 Å². The normalized spacial score (nSPS) is 14.1. The van der Waals surface area contributed by atoms with Crippen LogP contribution >= 0.6 is 12.4 Å². The molecule has 1 heterocycles. The maximum Gasteiger partial charge on any atom is 0.312 e. The van der Waals surface area contributed by atoms with Crippen LogP contribution in [0.4, 0.5) is 4.79 Å². The van der Waals surface area contributed by atoms with Gasteiger partial charge in [0.25, 0.3) is 0 Å². The van der Waals surface area contributed by atoms with Gasteiger partial charge in [-0.05, 0) is 29.8 Å². The minimum atomic E-state index is -0.676. The molecule has 1 atom stereocenters. The van der Waals surface area contributed by atoms with Crippen molar-refractivity contribution >= 4 is 24.3 Å². The van der Waals surface area contributed by atoms with Gasteiger partial charge in [0.05, 0.1) is 12.5 Å². The van der Waals surface area contributed by atoms with Crippen LogP contribution in [0.15, 0.2) is 54.6 Å². The molecule has 3 amide bonds. The second-order valence-electron chi connectivity index (χ2n) is 6.58. The molecule has 3 rings (SSSR count). The van der Waals surface area contributed by atoms with Crippen LogP contribution in [0, 0.1) is 5.92 Å². The fraction of sp³-hybridized carbons (Fsp3) is 0.300. The number of amides is 3. The molecule has 1 fully saturated rings. The summed E-state index contributed by atoms with van der Waals surface area (Å²) in [6, 6.07) is 15.5. The number of primary amides is 1. The van der Waals surface area contributed by atoms with Gasteiger partial charge in [-0.3, -0.25) is 4.79 Å². The third-order valence-corrected chi connectivity index (χ3v) is 4.40. The minimum absolute atomic E-state index is 0. The number of nitrogens with one attached hydrogen (secondary N) is 3. The summed E-state index contributed by atoms with van der Waals surface area (Å²) in [5.74, 6) is 1.67. The van der Waals surface area contributed by atoms with E-state index in [0.717, 1.165) is 18.7 Å². The van der Waals surface area contributed by atoms with Crippen molar-refractivity contribution < 1.29 is 14.3 Å². The average Bonchev–Trinajstić information content (AvgIpc) is 2.60. The maximum absolute atomic E-state index is 12.3. The Labute approximate surface area is 170 Å². The number of rotatable bonds is 8. The molecule has 28 heavy (non-hydrogen) atoms. The first-order valence-electron chi connectivity index (χ1n) is 8.96. The summed E-state index contributed by atoms with van der Waals surface area (Å²) >= 11 is 0. The van der Waals surface area contributed by atoms with Crippen molar-refractivity contribution in [3.63, 3.8) is 0 Å². The van der Waals surface area contributed by atoms with Crippen LogP contribution in [0.5, 0.6) is 11.5 Å². The molecule has 2 aromatic carbocycles. The van der Waals surface area contributed by atoms with Gasteiger partial charge in [0.15, 0.2) is 0 Å². The number of nitrogens with two attached hydrogens (primary N) is 1. The average molecular weight is 405 g/mol. The van der Waals surface area contributed by atoms with E-state index in [1.54, 1.807) is 6.07 Å². The lowest BCUT2D eigenvalue weighted by Gasteiger charge is -2.27. The topological polar surface area (TPSA) is 105 Å². The number of urea groups is 1. The zero-order chi connectivity index (χ0) is 19.1. The fourth-order valence-corrected chi connectivity index (χ4v) is 2.85. The number of hydrogen-bond donors (Lipinski definition) is 4. The van der Waals surface area contributed by atoms with E-state index in [9.17, 15) is 9.59 Å². The third kappa shape index (κ3) is 6.44. The van der Waals surface area contributed by atoms with Crippen molar-refractivity contribution in [3.05, 3.63) is 60.2 Å². The van der Waals surface area contributed by atoms with Crippen LogP contribution in [0.2, 0.25) is 0 Å². The molecule has 1 aliphatic heterocycles. The molecule has 0 saturated carbocycles. The Bertz CT molecular complexity index is 784. The Morgan fingerprint density at radius 2 is 1.82 bits per heavy atom. The fourth-order valence-electron chi connectivity index (χ4n) is 2.85. The van der Waals surface area contributed by atoms with Crippen LogP contribution in [0.1, 0.15) is 18.0 Å². The summed E-state index contributed by atoms with van der Waals surface area (Å²) in [5, 5.41) is 8.72. The lowest BCUT2D eigenvalue weighted by molar-refractivity contribution is -0.121. The largest absolute Gasteiger partial charge is 0.457 e. The number of carbonyl (C=O) groups excluding carboxylic acids is 2. The number of halogens is 1. The second-order valence-corrected chi connectivity index (χ2v) is 6.58. The van der Waals surface area contributed by atoms with E-state index >= 15 is 0 Å². The van der Waals surface area contributed by atoms with Crippen molar-refractivity contribution in [2.24, 2.45) is 11.7 Å². The lowest BCUT2D eigenvalue weighted by Crippen LogP contribution is -2.48. The third-order valence-electron chi connectivity index (χ3n) is 4.40. The summed E-state index contributed by atoms with van der Waals surface area (Å²) in [7, 11) is 0. The van der Waals surface area contributed by atoms with Gasteiger partial charge in [0, 0.05) is 25.6 Å². The zero-order valence-electron chi connectivity index (χ0n) is 15.4. The quantitative estimate of drug-likeness (QED) is 0.541. The molecule has 1 unspecified atom stereocenters. The Balaban J connectivity index is 0.00000280. The summed E-state index contributed by atoms with van der Waals surface area (Å²) in [4.78, 5) is 23.7. The smallest absolute Gasteiger partial charge is 0.312 e. The number of carbonyl (C=O) groups is 2. The standard InChI is InChI=1S/C20H24N4O3.ClH/c21-20(26)24-18(10-19(25)23-13-14-11-22-12-14)15-5-4-8-17(9-15)27-16-6-2-1-3-7-16;/h1-9,14,18,22H,10-13H2,(H,23,25)(H3,21,24,26);1H. The molecule has 150 valence electrons. The predicted molar refractivity (Wildman–Crippen MR) is 110 cm³/mol. The van der Waals surface area contributed by atoms with Crippen molar-refractivity contribution in [2.75, 3.05) is 19.6 Å². The second kappa shape index (κ2) is 10.5. The number of benzene rings is 2. The van der Waals surface area contributed by atoms with E-state index in [2.05, 4.69) is 16.0 Å². The van der Waals surface area contributed by atoms with E-state index in [4.69, 9.17) is 10.5 Å². The highest BCUT2D eigenvalue weighted by Gasteiger charge is 2.21. The van der Waals surface area contributed by atoms with Crippen molar-refractivity contribution in [1.82, 2.24) is 16.0 Å². The van der Waals surface area contributed by atoms with Crippen molar-refractivity contribution in [1.29, 1.82) is 0 Å². The molecular formula is C20H25ClN4O3. The molecule has 0 radical (unpaired) electrons. The molecule has 2 aromatic rings. The summed E-state index contributed by atoms with van der Waals surface area (Å²) in [6.07, 6.45) is 0.109. The molecule has 0 spiro atoms. The molecule has 0 aliphatic carbocycles. The first kappa shape index (κ1) is 21.5. The Morgan fingerprint density at radius 3 is 2.46 bits per heavy atom. The van der Waals surface area contributed by atoms with Gasteiger partial charge in [-0.25, -0.2) is 4.79 Å². The van der Waals surface area contributed by atoms with Gasteiger partial charge in [0.2, 0.25) is 5.91 Å². The predicted octanol–water partition coefficient (Wildman–Crippen LogP) is 2.34. The van der Waals surface area contributed by atoms with Crippen LogP contribution < -0.4 is 26.4 Å². The summed E-state index contributed by atoms with van der Waals surface area (Å²) in [6.45, 7) is 2.47. The van der Waals surface area contributed by atoms with E-state index in [0.29, 0.717) is 24.0 Å². The van der Waals surface area contributed by atoms with E-state index in [-0.39, 0.29) is 24.7 Å². The molecule has 7 nitrogen and oxygen atoms in total. The molecule has 5 N–H and O–H groups in total. The number of ether oxygens (including phenoxy) is 1. The van der Waals surface area contributed by atoms with Crippen molar-refractivity contribution in [2.45, 2.75) is 12.5 Å². The lowest BCUT2D eigenvalue weighted by atomic mass is 10.0. The van der Waals surface area contributed by atoms with Crippen LogP contribution in [-0.2, 0) is 4.79 Å². The Kier molecular flexibility index (Phi) is 8.10. The number of hydrogen-bond acceptors (Lipinski definition) is 4. The highest BCUT2D eigenvalue weighted by atomic mass is 35.5. The Morgan fingerprint density at radius 1 is 1.11 bits per heavy atom. The van der Waals surface area contributed by atoms with Crippen LogP contribution in [0.3, 0.4) is 0 Å². The van der Waals surface area contributed by atoms with Gasteiger partial charge in [0.1, 0.15) is 11.5 Å². The molecule has 1 aliphatic rings. The Hall–Kier alpha value is -2.77. The van der Waals surface area contributed by atoms with Gasteiger partial charge in [-0.1, -0.05) is 30.3 Å². The van der Waals surface area contributed by atoms with Gasteiger partial charge in [-0.2, -0.15) is 0 Å². The summed E-state index contributed by atoms with van der Waals surface area (Å²) < 4.78 is 5.83. The van der Waals surface area contributed by atoms with Gasteiger partial charge < -0.3 is 26.4 Å². The maximum atomic E-state index is 12.3. The van der Waals surface area contributed by atoms with Gasteiger partial charge >= 0.3 is 6.03 Å². The molecule has 8 heteroatoms.